The first-order chi connectivity index (χ1) is 10.2. The predicted molar refractivity (Wildman–Crippen MR) is 90.4 cm³/mol. The smallest absolute Gasteiger partial charge is 0.146 e. The Morgan fingerprint density at radius 1 is 1.14 bits per heavy atom. The zero-order valence-electron chi connectivity index (χ0n) is 14.1. The zero-order valence-corrected chi connectivity index (χ0v) is 14.1. The Morgan fingerprint density at radius 3 is 2.38 bits per heavy atom. The molecule has 3 heteroatoms. The van der Waals surface area contributed by atoms with Gasteiger partial charge in [-0.2, -0.15) is 0 Å². The second-order valence-corrected chi connectivity index (χ2v) is 5.68. The summed E-state index contributed by atoms with van der Waals surface area (Å²) in [5.74, 6) is 0.536. The molecule has 1 aromatic carbocycles. The molecule has 0 saturated heterocycles. The van der Waals surface area contributed by atoms with Gasteiger partial charge in [-0.3, -0.25) is 0 Å². The van der Waals surface area contributed by atoms with Crippen molar-refractivity contribution in [2.24, 2.45) is 5.92 Å². The summed E-state index contributed by atoms with van der Waals surface area (Å²) in [6.07, 6.45) is 3.39. The Hall–Kier alpha value is -1.09. The van der Waals surface area contributed by atoms with Crippen molar-refractivity contribution in [3.63, 3.8) is 0 Å². The molecule has 0 saturated carbocycles. The minimum atomic E-state index is -0.0985. The Kier molecular flexibility index (Phi) is 8.36. The molecular weight excluding hydrogens is 263 g/mol. The van der Waals surface area contributed by atoms with E-state index in [-0.39, 0.29) is 5.82 Å². The van der Waals surface area contributed by atoms with Gasteiger partial charge in [0.05, 0.1) is 5.69 Å². The standard InChI is InChI=1S/C18H31FN2/c1-5-11-20-13-16-9-10-18(17(19)12-16)21(8-4)14-15(6-2)7-3/h9-10,12,15,20H,5-8,11,13-14H2,1-4H3. The molecule has 21 heavy (non-hydrogen) atoms. The fraction of sp³-hybridized carbons (Fsp3) is 0.667. The molecule has 2 nitrogen and oxygen atoms in total. The van der Waals surface area contributed by atoms with Crippen molar-refractivity contribution in [1.82, 2.24) is 5.32 Å². The third kappa shape index (κ3) is 5.66. The van der Waals surface area contributed by atoms with E-state index in [1.54, 1.807) is 6.07 Å². The van der Waals surface area contributed by atoms with Crippen LogP contribution in [0.5, 0.6) is 0 Å². The van der Waals surface area contributed by atoms with E-state index in [0.29, 0.717) is 5.92 Å². The molecule has 0 amide bonds. The maximum atomic E-state index is 14.4. The zero-order chi connectivity index (χ0) is 15.7. The number of rotatable bonds is 10. The lowest BCUT2D eigenvalue weighted by molar-refractivity contribution is 0.481. The van der Waals surface area contributed by atoms with Crippen molar-refractivity contribution in [2.45, 2.75) is 53.5 Å². The van der Waals surface area contributed by atoms with Gasteiger partial charge < -0.3 is 10.2 Å². The average molecular weight is 294 g/mol. The first kappa shape index (κ1) is 18.0. The molecule has 0 spiro atoms. The maximum Gasteiger partial charge on any atom is 0.146 e. The van der Waals surface area contributed by atoms with E-state index < -0.39 is 0 Å². The number of benzene rings is 1. The molecule has 0 unspecified atom stereocenters. The van der Waals surface area contributed by atoms with Gasteiger partial charge in [0.2, 0.25) is 0 Å². The lowest BCUT2D eigenvalue weighted by Gasteiger charge is -2.28. The first-order valence-corrected chi connectivity index (χ1v) is 8.40. The van der Waals surface area contributed by atoms with Crippen LogP contribution in [0.2, 0.25) is 0 Å². The monoisotopic (exact) mass is 294 g/mol. The first-order valence-electron chi connectivity index (χ1n) is 8.40. The Balaban J connectivity index is 2.76. The molecule has 0 aliphatic carbocycles. The second-order valence-electron chi connectivity index (χ2n) is 5.68. The molecule has 0 bridgehead atoms. The number of hydrogen-bond acceptors (Lipinski definition) is 2. The number of halogens is 1. The van der Waals surface area contributed by atoms with Crippen LogP contribution < -0.4 is 10.2 Å². The van der Waals surface area contributed by atoms with Gasteiger partial charge in [0.1, 0.15) is 5.82 Å². The summed E-state index contributed by atoms with van der Waals surface area (Å²) in [5.41, 5.74) is 1.76. The maximum absolute atomic E-state index is 14.4. The molecule has 0 aliphatic rings. The molecule has 1 rings (SSSR count). The summed E-state index contributed by atoms with van der Waals surface area (Å²) in [7, 11) is 0. The van der Waals surface area contributed by atoms with Crippen LogP contribution in [0.1, 0.15) is 52.5 Å². The molecule has 0 atom stereocenters. The summed E-state index contributed by atoms with van der Waals surface area (Å²) >= 11 is 0. The molecule has 1 N–H and O–H groups in total. The van der Waals surface area contributed by atoms with Gasteiger partial charge in [-0.1, -0.05) is 39.7 Å². The van der Waals surface area contributed by atoms with E-state index in [4.69, 9.17) is 0 Å². The summed E-state index contributed by atoms with van der Waals surface area (Å²) in [5, 5.41) is 3.31. The third-order valence-electron chi connectivity index (χ3n) is 4.12. The van der Waals surface area contributed by atoms with Gasteiger partial charge in [0, 0.05) is 19.6 Å². The van der Waals surface area contributed by atoms with Crippen molar-refractivity contribution in [1.29, 1.82) is 0 Å². The van der Waals surface area contributed by atoms with Crippen molar-refractivity contribution >= 4 is 5.69 Å². The van der Waals surface area contributed by atoms with Crippen LogP contribution in [0.15, 0.2) is 18.2 Å². The van der Waals surface area contributed by atoms with E-state index in [0.717, 1.165) is 56.7 Å². The molecule has 0 heterocycles. The van der Waals surface area contributed by atoms with Crippen LogP contribution in [0.25, 0.3) is 0 Å². The van der Waals surface area contributed by atoms with Gasteiger partial charge in [0.25, 0.3) is 0 Å². The molecule has 0 radical (unpaired) electrons. The fourth-order valence-corrected chi connectivity index (χ4v) is 2.58. The Labute approximate surface area is 129 Å². The highest BCUT2D eigenvalue weighted by Gasteiger charge is 2.14. The molecule has 0 aromatic heterocycles. The van der Waals surface area contributed by atoms with E-state index in [1.165, 1.54) is 0 Å². The van der Waals surface area contributed by atoms with Crippen molar-refractivity contribution in [3.8, 4) is 0 Å². The quantitative estimate of drug-likeness (QED) is 0.635. The number of nitrogens with zero attached hydrogens (tertiary/aromatic N) is 1. The van der Waals surface area contributed by atoms with Crippen LogP contribution >= 0.6 is 0 Å². The Morgan fingerprint density at radius 2 is 1.86 bits per heavy atom. The van der Waals surface area contributed by atoms with Gasteiger partial charge >= 0.3 is 0 Å². The SMILES string of the molecule is CCCNCc1ccc(N(CC)CC(CC)CC)c(F)c1. The van der Waals surface area contributed by atoms with Gasteiger partial charge in [-0.05, 0) is 43.5 Å². The summed E-state index contributed by atoms with van der Waals surface area (Å²) in [4.78, 5) is 2.16. The summed E-state index contributed by atoms with van der Waals surface area (Å²) < 4.78 is 14.4. The predicted octanol–water partition coefficient (Wildman–Crippen LogP) is 4.59. The molecule has 1 aromatic rings. The third-order valence-corrected chi connectivity index (χ3v) is 4.12. The van der Waals surface area contributed by atoms with Crippen molar-refractivity contribution in [2.75, 3.05) is 24.5 Å². The van der Waals surface area contributed by atoms with Crippen molar-refractivity contribution in [3.05, 3.63) is 29.6 Å². The highest BCUT2D eigenvalue weighted by molar-refractivity contribution is 5.49. The average Bonchev–Trinajstić information content (AvgIpc) is 2.50. The van der Waals surface area contributed by atoms with Crippen LogP contribution in [-0.2, 0) is 6.54 Å². The van der Waals surface area contributed by atoms with Crippen LogP contribution in [0.3, 0.4) is 0 Å². The minimum Gasteiger partial charge on any atom is -0.369 e. The highest BCUT2D eigenvalue weighted by Crippen LogP contribution is 2.23. The van der Waals surface area contributed by atoms with E-state index >= 15 is 0 Å². The molecule has 0 fully saturated rings. The van der Waals surface area contributed by atoms with Crippen LogP contribution in [-0.4, -0.2) is 19.6 Å². The van der Waals surface area contributed by atoms with E-state index in [1.807, 2.05) is 12.1 Å². The van der Waals surface area contributed by atoms with Gasteiger partial charge in [0.15, 0.2) is 0 Å². The van der Waals surface area contributed by atoms with Crippen molar-refractivity contribution < 1.29 is 4.39 Å². The van der Waals surface area contributed by atoms with E-state index in [9.17, 15) is 4.39 Å². The summed E-state index contributed by atoms with van der Waals surface area (Å²) in [6, 6.07) is 5.65. The largest absolute Gasteiger partial charge is 0.369 e. The molecular formula is C18H31FN2. The summed E-state index contributed by atoms with van der Waals surface area (Å²) in [6.45, 7) is 12.1. The van der Waals surface area contributed by atoms with Crippen LogP contribution in [0.4, 0.5) is 10.1 Å². The number of nitrogens with one attached hydrogen (secondary N) is 1. The lowest BCUT2D eigenvalue weighted by atomic mass is 10.0. The Bertz CT molecular complexity index is 402. The normalized spacial score (nSPS) is 11.1. The topological polar surface area (TPSA) is 15.3 Å². The number of hydrogen-bond donors (Lipinski definition) is 1. The van der Waals surface area contributed by atoms with Crippen LogP contribution in [0, 0.1) is 11.7 Å². The van der Waals surface area contributed by atoms with Gasteiger partial charge in [-0.25, -0.2) is 4.39 Å². The van der Waals surface area contributed by atoms with Gasteiger partial charge in [-0.15, -0.1) is 0 Å². The fourth-order valence-electron chi connectivity index (χ4n) is 2.58. The molecule has 120 valence electrons. The minimum absolute atomic E-state index is 0.0985. The molecule has 0 aliphatic heterocycles. The van der Waals surface area contributed by atoms with E-state index in [2.05, 4.69) is 37.9 Å². The number of anilines is 1. The highest BCUT2D eigenvalue weighted by atomic mass is 19.1. The lowest BCUT2D eigenvalue weighted by Crippen LogP contribution is -2.29. The second kappa shape index (κ2) is 9.78.